The van der Waals surface area contributed by atoms with Crippen molar-refractivity contribution in [1.29, 1.82) is 0 Å². The van der Waals surface area contributed by atoms with E-state index in [1.54, 1.807) is 0 Å². The van der Waals surface area contributed by atoms with Gasteiger partial charge in [0.25, 0.3) is 0 Å². The summed E-state index contributed by atoms with van der Waals surface area (Å²) in [5.74, 6) is -0.892. The predicted molar refractivity (Wildman–Crippen MR) is 238 cm³/mol. The summed E-state index contributed by atoms with van der Waals surface area (Å²) in [6.45, 7) is 6.48. The number of rotatable bonds is 42. The lowest BCUT2D eigenvalue weighted by Crippen LogP contribution is -2.30. The maximum Gasteiger partial charge on any atom is 0.306 e. The highest BCUT2D eigenvalue weighted by Gasteiger charge is 2.19. The van der Waals surface area contributed by atoms with Crippen LogP contribution in [-0.2, 0) is 28.6 Å². The van der Waals surface area contributed by atoms with Crippen molar-refractivity contribution in [3.63, 3.8) is 0 Å². The fourth-order valence-corrected chi connectivity index (χ4v) is 6.55. The molecule has 0 saturated heterocycles. The molecule has 6 nitrogen and oxygen atoms in total. The van der Waals surface area contributed by atoms with Gasteiger partial charge in [-0.2, -0.15) is 0 Å². The van der Waals surface area contributed by atoms with E-state index in [9.17, 15) is 14.4 Å². The lowest BCUT2D eigenvalue weighted by atomic mass is 10.1. The van der Waals surface area contributed by atoms with Crippen molar-refractivity contribution in [2.45, 2.75) is 239 Å². The molecule has 0 aromatic carbocycles. The molecular weight excluding hydrogens is 697 g/mol. The molecule has 56 heavy (non-hydrogen) atoms. The number of carbonyl (C=O) groups excluding carboxylic acids is 3. The summed E-state index contributed by atoms with van der Waals surface area (Å²) in [7, 11) is 0. The van der Waals surface area contributed by atoms with E-state index < -0.39 is 6.10 Å². The number of allylic oxidation sites excluding steroid dienone is 8. The van der Waals surface area contributed by atoms with E-state index in [1.807, 2.05) is 0 Å². The Labute approximate surface area is 346 Å². The fourth-order valence-electron chi connectivity index (χ4n) is 6.55. The maximum atomic E-state index is 12.7. The van der Waals surface area contributed by atoms with E-state index >= 15 is 0 Å². The molecule has 0 aromatic heterocycles. The van der Waals surface area contributed by atoms with Crippen molar-refractivity contribution >= 4 is 17.9 Å². The zero-order valence-corrected chi connectivity index (χ0v) is 36.9. The number of hydrogen-bond donors (Lipinski definition) is 0. The van der Waals surface area contributed by atoms with E-state index in [2.05, 4.69) is 69.4 Å². The van der Waals surface area contributed by atoms with Gasteiger partial charge < -0.3 is 14.2 Å². The number of ether oxygens (including phenoxy) is 3. The van der Waals surface area contributed by atoms with Crippen LogP contribution in [0.1, 0.15) is 233 Å². The molecular formula is C50H88O6. The molecule has 0 rings (SSSR count). The zero-order valence-electron chi connectivity index (χ0n) is 36.9. The van der Waals surface area contributed by atoms with Crippen molar-refractivity contribution in [3.05, 3.63) is 48.6 Å². The van der Waals surface area contributed by atoms with Crippen LogP contribution in [0, 0.1) is 0 Å². The minimum Gasteiger partial charge on any atom is -0.462 e. The monoisotopic (exact) mass is 785 g/mol. The second kappa shape index (κ2) is 45.1. The molecule has 0 spiro atoms. The van der Waals surface area contributed by atoms with Crippen molar-refractivity contribution in [2.24, 2.45) is 0 Å². The molecule has 0 heterocycles. The largest absolute Gasteiger partial charge is 0.462 e. The lowest BCUT2D eigenvalue weighted by molar-refractivity contribution is -0.167. The third kappa shape index (κ3) is 42.5. The van der Waals surface area contributed by atoms with Gasteiger partial charge in [-0.25, -0.2) is 0 Å². The molecule has 0 fully saturated rings. The Bertz CT molecular complexity index is 996. The Morgan fingerprint density at radius 2 is 0.696 bits per heavy atom. The van der Waals surface area contributed by atoms with Crippen molar-refractivity contribution in [1.82, 2.24) is 0 Å². The first-order chi connectivity index (χ1) is 27.5. The van der Waals surface area contributed by atoms with Crippen LogP contribution in [0.5, 0.6) is 0 Å². The van der Waals surface area contributed by atoms with E-state index in [0.29, 0.717) is 19.3 Å². The van der Waals surface area contributed by atoms with Crippen LogP contribution in [0.3, 0.4) is 0 Å². The van der Waals surface area contributed by atoms with Crippen LogP contribution in [0.25, 0.3) is 0 Å². The molecule has 0 radical (unpaired) electrons. The molecule has 0 saturated carbocycles. The van der Waals surface area contributed by atoms with Gasteiger partial charge in [0.15, 0.2) is 6.10 Å². The van der Waals surface area contributed by atoms with Crippen LogP contribution in [-0.4, -0.2) is 37.2 Å². The molecule has 0 aliphatic carbocycles. The van der Waals surface area contributed by atoms with E-state index in [1.165, 1.54) is 103 Å². The first kappa shape index (κ1) is 53.4. The smallest absolute Gasteiger partial charge is 0.306 e. The molecule has 0 N–H and O–H groups in total. The Balaban J connectivity index is 4.30. The van der Waals surface area contributed by atoms with Gasteiger partial charge in [0.05, 0.1) is 0 Å². The topological polar surface area (TPSA) is 78.9 Å². The molecule has 6 heteroatoms. The third-order valence-corrected chi connectivity index (χ3v) is 10.1. The zero-order chi connectivity index (χ0) is 40.8. The molecule has 0 bridgehead atoms. The summed E-state index contributed by atoms with van der Waals surface area (Å²) in [6.07, 6.45) is 52.4. The molecule has 0 amide bonds. The van der Waals surface area contributed by atoms with Gasteiger partial charge in [0, 0.05) is 19.3 Å². The Morgan fingerprint density at radius 3 is 1.09 bits per heavy atom. The standard InChI is InChI=1S/C50H88O6/c1-4-7-10-13-16-19-21-22-23-24-25-26-27-28-29-32-34-37-40-43-49(52)55-46-47(45-54-48(51)42-39-36-33-30-18-15-12-9-6-3)56-50(53)44-41-38-35-31-20-17-14-11-8-5-2/h7,10,16,19,22-23,25-26,47H,4-6,8-9,11-15,17-18,20-21,24,27-46H2,1-3H3/b10-7-,19-16-,23-22-,26-25-. The molecule has 1 atom stereocenters. The fraction of sp³-hybridized carbons (Fsp3) is 0.780. The molecule has 324 valence electrons. The van der Waals surface area contributed by atoms with Gasteiger partial charge in [-0.15, -0.1) is 0 Å². The van der Waals surface area contributed by atoms with Crippen LogP contribution in [0.15, 0.2) is 48.6 Å². The quantitative estimate of drug-likeness (QED) is 0.0265. The van der Waals surface area contributed by atoms with Crippen molar-refractivity contribution in [2.75, 3.05) is 13.2 Å². The summed E-state index contributed by atoms with van der Waals surface area (Å²) in [6, 6.07) is 0. The highest BCUT2D eigenvalue weighted by molar-refractivity contribution is 5.71. The third-order valence-electron chi connectivity index (χ3n) is 10.1. The molecule has 1 unspecified atom stereocenters. The van der Waals surface area contributed by atoms with Gasteiger partial charge in [0.1, 0.15) is 13.2 Å². The Kier molecular flexibility index (Phi) is 43.0. The second-order valence-corrected chi connectivity index (χ2v) is 15.6. The average molecular weight is 785 g/mol. The predicted octanol–water partition coefficient (Wildman–Crippen LogP) is 15.1. The van der Waals surface area contributed by atoms with Gasteiger partial charge in [-0.05, 0) is 57.8 Å². The van der Waals surface area contributed by atoms with Crippen molar-refractivity contribution in [3.8, 4) is 0 Å². The van der Waals surface area contributed by atoms with Gasteiger partial charge in [-0.3, -0.25) is 14.4 Å². The van der Waals surface area contributed by atoms with E-state index in [4.69, 9.17) is 14.2 Å². The second-order valence-electron chi connectivity index (χ2n) is 15.6. The average Bonchev–Trinajstić information content (AvgIpc) is 3.19. The number of carbonyl (C=O) groups is 3. The summed E-state index contributed by atoms with van der Waals surface area (Å²) in [5, 5.41) is 0. The van der Waals surface area contributed by atoms with E-state index in [0.717, 1.165) is 89.9 Å². The van der Waals surface area contributed by atoms with Gasteiger partial charge in [0.2, 0.25) is 0 Å². The van der Waals surface area contributed by atoms with Crippen LogP contribution < -0.4 is 0 Å². The highest BCUT2D eigenvalue weighted by Crippen LogP contribution is 2.14. The van der Waals surface area contributed by atoms with Crippen molar-refractivity contribution < 1.29 is 28.6 Å². The normalized spacial score (nSPS) is 12.4. The highest BCUT2D eigenvalue weighted by atomic mass is 16.6. The summed E-state index contributed by atoms with van der Waals surface area (Å²) in [4.78, 5) is 37.7. The minimum atomic E-state index is -0.771. The molecule has 0 aromatic rings. The number of esters is 3. The van der Waals surface area contributed by atoms with Crippen LogP contribution in [0.4, 0.5) is 0 Å². The summed E-state index contributed by atoms with van der Waals surface area (Å²) >= 11 is 0. The summed E-state index contributed by atoms with van der Waals surface area (Å²) in [5.41, 5.74) is 0. The lowest BCUT2D eigenvalue weighted by Gasteiger charge is -2.18. The number of unbranched alkanes of at least 4 members (excludes halogenated alkanes) is 23. The van der Waals surface area contributed by atoms with Gasteiger partial charge >= 0.3 is 17.9 Å². The van der Waals surface area contributed by atoms with Crippen LogP contribution >= 0.6 is 0 Å². The summed E-state index contributed by atoms with van der Waals surface area (Å²) < 4.78 is 16.7. The molecule has 0 aliphatic rings. The Morgan fingerprint density at radius 1 is 0.375 bits per heavy atom. The molecule has 0 aliphatic heterocycles. The first-order valence-electron chi connectivity index (χ1n) is 23.6. The maximum absolute atomic E-state index is 12.7. The SMILES string of the molecule is CC/C=C\C/C=C\C/C=C\C/C=C\CCCCCCCCC(=O)OCC(COC(=O)CCCCCCCCCCC)OC(=O)CCCCCCCCCCCC. The Hall–Kier alpha value is -2.63. The minimum absolute atomic E-state index is 0.0752. The number of hydrogen-bond acceptors (Lipinski definition) is 6. The van der Waals surface area contributed by atoms with Crippen LogP contribution in [0.2, 0.25) is 0 Å². The van der Waals surface area contributed by atoms with Gasteiger partial charge in [-0.1, -0.05) is 204 Å². The van der Waals surface area contributed by atoms with E-state index in [-0.39, 0.29) is 31.1 Å². The first-order valence-corrected chi connectivity index (χ1v) is 23.6.